The van der Waals surface area contributed by atoms with Crippen LogP contribution in [0.4, 0.5) is 0 Å². The summed E-state index contributed by atoms with van der Waals surface area (Å²) in [5, 5.41) is 21.0. The van der Waals surface area contributed by atoms with Gasteiger partial charge in [-0.2, -0.15) is 12.6 Å². The van der Waals surface area contributed by atoms with Crippen molar-refractivity contribution in [3.8, 4) is 11.5 Å². The Hall–Kier alpha value is -3.78. The van der Waals surface area contributed by atoms with Gasteiger partial charge in [-0.3, -0.25) is 19.3 Å². The fourth-order valence-corrected chi connectivity index (χ4v) is 7.33. The molecule has 2 amide bonds. The lowest BCUT2D eigenvalue weighted by molar-refractivity contribution is -0.316. The van der Waals surface area contributed by atoms with E-state index in [2.05, 4.69) is 85.4 Å². The lowest BCUT2D eigenvalue weighted by atomic mass is 9.89. The summed E-state index contributed by atoms with van der Waals surface area (Å²) in [4.78, 5) is 53.2. The number of carbonyl (C=O) groups is 4. The zero-order chi connectivity index (χ0) is 45.1. The van der Waals surface area contributed by atoms with Gasteiger partial charge in [0.15, 0.2) is 0 Å². The van der Waals surface area contributed by atoms with E-state index in [1.165, 1.54) is 25.7 Å². The van der Waals surface area contributed by atoms with Gasteiger partial charge in [-0.1, -0.05) is 70.5 Å². The van der Waals surface area contributed by atoms with E-state index < -0.39 is 41.8 Å². The highest BCUT2D eigenvalue weighted by atomic mass is 35.5. The monoisotopic (exact) mass is 885 g/mol. The molecule has 14 heteroatoms. The number of carbonyl (C=O) groups excluding carboxylic acids is 4. The molecule has 0 aromatic heterocycles. The highest BCUT2D eigenvalue weighted by Gasteiger charge is 2.26. The minimum Gasteiger partial charge on any atom is -0.546 e. The molecule has 3 rings (SSSR count). The molecule has 1 unspecified atom stereocenters. The molecular formula is C47H70ClN4O8S-. The van der Waals surface area contributed by atoms with Crippen LogP contribution in [0.1, 0.15) is 98.1 Å². The maximum atomic E-state index is 13.4. The third-order valence-corrected chi connectivity index (χ3v) is 11.5. The predicted octanol–water partition coefficient (Wildman–Crippen LogP) is 6.18. The molecule has 0 bridgehead atoms. The van der Waals surface area contributed by atoms with Gasteiger partial charge in [0, 0.05) is 36.8 Å². The molecule has 1 aliphatic heterocycles. The summed E-state index contributed by atoms with van der Waals surface area (Å²) in [6.45, 7) is 18.3. The van der Waals surface area contributed by atoms with E-state index in [1.807, 2.05) is 19.9 Å². The number of halogens is 1. The first-order chi connectivity index (χ1) is 28.8. The third kappa shape index (κ3) is 19.9. The number of rotatable bonds is 26. The molecule has 1 fully saturated rings. The average molecular weight is 887 g/mol. The molecule has 1 heterocycles. The van der Waals surface area contributed by atoms with Crippen LogP contribution in [0, 0.1) is 23.7 Å². The second-order valence-electron chi connectivity index (χ2n) is 17.7. The molecule has 12 nitrogen and oxygen atoms in total. The van der Waals surface area contributed by atoms with Crippen molar-refractivity contribution in [1.82, 2.24) is 20.9 Å². The molecule has 0 saturated carbocycles. The van der Waals surface area contributed by atoms with Gasteiger partial charge in [0.1, 0.15) is 23.6 Å². The molecular weight excluding hydrogens is 816 g/mol. The lowest BCUT2D eigenvalue weighted by Crippen LogP contribution is -2.49. The number of thiol groups is 1. The van der Waals surface area contributed by atoms with E-state index in [0.717, 1.165) is 57.6 Å². The van der Waals surface area contributed by atoms with Crippen LogP contribution in [0.2, 0.25) is 5.02 Å². The summed E-state index contributed by atoms with van der Waals surface area (Å²) in [6, 6.07) is 13.1. The number of nitrogens with zero attached hydrogens (tertiary/aromatic N) is 1. The van der Waals surface area contributed by atoms with Gasteiger partial charge in [0.2, 0.25) is 11.8 Å². The number of benzene rings is 2. The molecule has 2 aromatic carbocycles. The van der Waals surface area contributed by atoms with Crippen molar-refractivity contribution in [2.45, 2.75) is 123 Å². The highest BCUT2D eigenvalue weighted by molar-refractivity contribution is 7.81. The van der Waals surface area contributed by atoms with Crippen LogP contribution in [0.5, 0.6) is 11.5 Å². The van der Waals surface area contributed by atoms with Gasteiger partial charge < -0.3 is 40.1 Å². The Kier molecular flexibility index (Phi) is 22.0. The topological polar surface area (TPSA) is 158 Å². The number of hydrogen-bond donors (Lipinski definition) is 4. The van der Waals surface area contributed by atoms with Gasteiger partial charge >= 0.3 is 5.97 Å². The molecule has 340 valence electrons. The Morgan fingerprint density at radius 2 is 1.64 bits per heavy atom. The normalized spacial score (nSPS) is 16.4. The third-order valence-electron chi connectivity index (χ3n) is 11.1. The van der Waals surface area contributed by atoms with E-state index in [0.29, 0.717) is 47.2 Å². The SMILES string of the molecule is COc1ccc(C[C@@H](NC(=O)/C=C/CC[C@H](C)C(C)CCOc2ccc(CN3CCC(NCC(C)(C)S)CC3)cc2)C(=O)NC[C@@H](C)C(=O)O[C@@H](CC(C)C)C(=O)[O-])cc1Cl. The number of carboxylic acid groups (broad SMARTS) is 1. The Morgan fingerprint density at radius 3 is 2.25 bits per heavy atom. The molecule has 0 radical (unpaired) electrons. The number of likely N-dealkylation sites (tertiary alicyclic amines) is 1. The molecule has 0 aliphatic carbocycles. The van der Waals surface area contributed by atoms with E-state index in [4.69, 9.17) is 25.8 Å². The van der Waals surface area contributed by atoms with E-state index >= 15 is 0 Å². The number of methoxy groups -OCH3 is 1. The Balaban J connectivity index is 1.44. The molecule has 2 aromatic rings. The molecule has 5 atom stereocenters. The minimum absolute atomic E-state index is 0.000151. The number of nitrogens with one attached hydrogen (secondary N) is 3. The van der Waals surface area contributed by atoms with Crippen molar-refractivity contribution < 1.29 is 38.5 Å². The Morgan fingerprint density at radius 1 is 0.984 bits per heavy atom. The largest absolute Gasteiger partial charge is 0.546 e. The standard InChI is InChI=1S/C47H71ClN4O8S/c1-31(2)25-42(45(55)56)60-46(57)34(5)28-49-44(54)40(27-36-15-18-41(58-8)39(48)26-36)51-43(53)12-10-9-11-32(3)33(4)21-24-59-38-16-13-35(14-17-38)29-52-22-19-37(20-23-52)50-30-47(6,7)61/h10,12-18,26,31-34,37,40,42,50,61H,9,11,19-25,27-30H2,1-8H3,(H,49,54)(H,51,53)(H,55,56)/p-1/b12-10+/t32-,33?,34+,40+,42-/m0/s1. The summed E-state index contributed by atoms with van der Waals surface area (Å²) < 4.78 is 16.5. The minimum atomic E-state index is -1.47. The number of esters is 1. The second kappa shape index (κ2) is 26.0. The van der Waals surface area contributed by atoms with Crippen molar-refractivity contribution in [3.05, 3.63) is 70.8 Å². The molecule has 1 aliphatic rings. The highest BCUT2D eigenvalue weighted by Crippen LogP contribution is 2.26. The van der Waals surface area contributed by atoms with Gasteiger partial charge in [0.05, 0.1) is 30.6 Å². The van der Waals surface area contributed by atoms with Crippen LogP contribution in [-0.4, -0.2) is 91.5 Å². The number of piperidine rings is 1. The summed E-state index contributed by atoms with van der Waals surface area (Å²) in [7, 11) is 1.50. The summed E-state index contributed by atoms with van der Waals surface area (Å²) in [5.74, 6) is -1.96. The van der Waals surface area contributed by atoms with Crippen LogP contribution in [0.3, 0.4) is 0 Å². The first-order valence-electron chi connectivity index (χ1n) is 21.7. The molecule has 1 saturated heterocycles. The van der Waals surface area contributed by atoms with Crippen molar-refractivity contribution >= 4 is 48.0 Å². The zero-order valence-electron chi connectivity index (χ0n) is 37.5. The van der Waals surface area contributed by atoms with Crippen molar-refractivity contribution in [2.24, 2.45) is 23.7 Å². The smallest absolute Gasteiger partial charge is 0.311 e. The predicted molar refractivity (Wildman–Crippen MR) is 243 cm³/mol. The Labute approximate surface area is 374 Å². The number of amides is 2. The summed E-state index contributed by atoms with van der Waals surface area (Å²) >= 11 is 11.0. The van der Waals surface area contributed by atoms with Crippen LogP contribution >= 0.6 is 24.2 Å². The summed E-state index contributed by atoms with van der Waals surface area (Å²) in [6.07, 6.45) is 6.83. The van der Waals surface area contributed by atoms with Crippen LogP contribution in [0.25, 0.3) is 0 Å². The molecule has 61 heavy (non-hydrogen) atoms. The fourth-order valence-electron chi connectivity index (χ4n) is 6.96. The number of carboxylic acids is 1. The van der Waals surface area contributed by atoms with Crippen molar-refractivity contribution in [1.29, 1.82) is 0 Å². The quantitative estimate of drug-likeness (QED) is 0.0489. The molecule has 3 N–H and O–H groups in total. The molecule has 0 spiro atoms. The summed E-state index contributed by atoms with van der Waals surface area (Å²) in [5.41, 5.74) is 1.97. The second-order valence-corrected chi connectivity index (χ2v) is 19.3. The number of hydrogen-bond acceptors (Lipinski definition) is 11. The number of allylic oxidation sites excluding steroid dienone is 1. The maximum absolute atomic E-state index is 13.4. The van der Waals surface area contributed by atoms with Crippen LogP contribution in [-0.2, 0) is 36.9 Å². The van der Waals surface area contributed by atoms with Gasteiger partial charge in [-0.15, -0.1) is 0 Å². The average Bonchev–Trinajstić information content (AvgIpc) is 3.20. The zero-order valence-corrected chi connectivity index (χ0v) is 39.1. The van der Waals surface area contributed by atoms with Gasteiger partial charge in [-0.25, -0.2) is 0 Å². The van der Waals surface area contributed by atoms with E-state index in [1.54, 1.807) is 18.2 Å². The van der Waals surface area contributed by atoms with E-state index in [9.17, 15) is 24.3 Å². The maximum Gasteiger partial charge on any atom is 0.311 e. The fraction of sp³-hybridized carbons (Fsp3) is 0.617. The van der Waals surface area contributed by atoms with E-state index in [-0.39, 0.29) is 30.1 Å². The van der Waals surface area contributed by atoms with Crippen LogP contribution < -0.4 is 30.5 Å². The Bertz CT molecular complexity index is 1710. The number of ether oxygens (including phenoxy) is 3. The van der Waals surface area contributed by atoms with Crippen molar-refractivity contribution in [3.63, 3.8) is 0 Å². The first-order valence-corrected chi connectivity index (χ1v) is 22.5. The van der Waals surface area contributed by atoms with Gasteiger partial charge in [0.25, 0.3) is 0 Å². The lowest BCUT2D eigenvalue weighted by Gasteiger charge is -2.33. The first kappa shape index (κ1) is 51.6. The van der Waals surface area contributed by atoms with Crippen LogP contribution in [0.15, 0.2) is 54.6 Å². The van der Waals surface area contributed by atoms with Crippen molar-refractivity contribution in [2.75, 3.05) is 39.9 Å². The number of aliphatic carboxylic acids is 1. The van der Waals surface area contributed by atoms with Gasteiger partial charge in [-0.05, 0) is 125 Å².